The summed E-state index contributed by atoms with van der Waals surface area (Å²) in [5.41, 5.74) is 4.06. The van der Waals surface area contributed by atoms with Gasteiger partial charge in [-0.2, -0.15) is 0 Å². The number of carbonyl (C=O) groups excluding carboxylic acids is 1. The van der Waals surface area contributed by atoms with Crippen molar-refractivity contribution in [1.82, 2.24) is 4.90 Å². The topological polar surface area (TPSA) is 70.2 Å². The summed E-state index contributed by atoms with van der Waals surface area (Å²) < 4.78 is 34.7. The van der Waals surface area contributed by atoms with Crippen LogP contribution in [-0.4, -0.2) is 59.1 Å². The third-order valence-electron chi connectivity index (χ3n) is 6.47. The number of amides is 1. The Morgan fingerprint density at radius 3 is 2.22 bits per heavy atom. The third-order valence-corrected chi connectivity index (χ3v) is 8.50. The molecule has 4 rings (SSSR count). The summed E-state index contributed by atoms with van der Waals surface area (Å²) in [5.74, 6) is -0.0114. The third kappa shape index (κ3) is 6.02. The van der Waals surface area contributed by atoms with Crippen molar-refractivity contribution in [3.63, 3.8) is 0 Å². The number of ether oxygens (including phenoxy) is 1. The molecule has 0 aromatic heterocycles. The van der Waals surface area contributed by atoms with Crippen molar-refractivity contribution < 1.29 is 17.9 Å². The Labute approximate surface area is 224 Å². The number of sulfonamides is 1. The fourth-order valence-electron chi connectivity index (χ4n) is 4.62. The van der Waals surface area contributed by atoms with E-state index in [0.717, 1.165) is 22.4 Å². The maximum Gasteiger partial charge on any atom is 0.268 e. The maximum absolute atomic E-state index is 14.0. The van der Waals surface area contributed by atoms with Gasteiger partial charge in [-0.1, -0.05) is 29.8 Å². The number of hydrogen-bond acceptors (Lipinski definition) is 5. The fourth-order valence-corrected chi connectivity index (χ4v) is 6.45. The summed E-state index contributed by atoms with van der Waals surface area (Å²) in [5, 5.41) is 0.664. The smallest absolute Gasteiger partial charge is 0.268 e. The molecular formula is C28H32ClN3O4S. The van der Waals surface area contributed by atoms with Crippen molar-refractivity contribution in [2.24, 2.45) is 0 Å². The van der Waals surface area contributed by atoms with Crippen LogP contribution in [0, 0.1) is 20.8 Å². The Morgan fingerprint density at radius 2 is 1.59 bits per heavy atom. The van der Waals surface area contributed by atoms with E-state index in [1.807, 2.05) is 51.1 Å². The first-order valence-electron chi connectivity index (χ1n) is 12.1. The first-order chi connectivity index (χ1) is 17.6. The van der Waals surface area contributed by atoms with Crippen LogP contribution >= 0.6 is 11.6 Å². The second-order valence-electron chi connectivity index (χ2n) is 9.36. The van der Waals surface area contributed by atoms with Crippen molar-refractivity contribution in [1.29, 1.82) is 0 Å². The van der Waals surface area contributed by atoms with Crippen LogP contribution in [0.3, 0.4) is 0 Å². The number of piperazine rings is 1. The summed E-state index contributed by atoms with van der Waals surface area (Å²) in [6.07, 6.45) is 0. The van der Waals surface area contributed by atoms with E-state index < -0.39 is 10.0 Å². The SMILES string of the molecule is COc1ccc(C)cc1S(=O)(=O)N(CC(=O)N1CCN(c2cccc(Cl)c2)CC1)c1cc(C)cc(C)c1. The number of halogens is 1. The van der Waals surface area contributed by atoms with Crippen molar-refractivity contribution in [3.05, 3.63) is 82.4 Å². The van der Waals surface area contributed by atoms with Crippen molar-refractivity contribution >= 4 is 38.9 Å². The summed E-state index contributed by atoms with van der Waals surface area (Å²) >= 11 is 6.14. The molecule has 1 saturated heterocycles. The Morgan fingerprint density at radius 1 is 0.919 bits per heavy atom. The van der Waals surface area contributed by atoms with Gasteiger partial charge in [-0.05, 0) is 79.9 Å². The first kappa shape index (κ1) is 26.8. The van der Waals surface area contributed by atoms with E-state index in [0.29, 0.717) is 36.9 Å². The molecule has 1 aliphatic rings. The predicted molar refractivity (Wildman–Crippen MR) is 148 cm³/mol. The molecule has 0 aliphatic carbocycles. The minimum atomic E-state index is -4.11. The highest BCUT2D eigenvalue weighted by Crippen LogP contribution is 2.32. The quantitative estimate of drug-likeness (QED) is 0.429. The Kier molecular flexibility index (Phi) is 7.99. The molecule has 0 unspecified atom stereocenters. The number of anilines is 2. The molecule has 1 fully saturated rings. The highest BCUT2D eigenvalue weighted by atomic mass is 35.5. The van der Waals surface area contributed by atoms with E-state index in [1.165, 1.54) is 11.4 Å². The Hall–Kier alpha value is -3.23. The molecule has 0 saturated carbocycles. The van der Waals surface area contributed by atoms with Gasteiger partial charge in [-0.25, -0.2) is 8.42 Å². The van der Waals surface area contributed by atoms with E-state index in [1.54, 1.807) is 35.2 Å². The molecule has 0 spiro atoms. The highest BCUT2D eigenvalue weighted by Gasteiger charge is 2.32. The van der Waals surface area contributed by atoms with Crippen molar-refractivity contribution in [3.8, 4) is 5.75 Å². The normalized spacial score (nSPS) is 14.0. The van der Waals surface area contributed by atoms with E-state index in [2.05, 4.69) is 4.90 Å². The van der Waals surface area contributed by atoms with Gasteiger partial charge in [0.05, 0.1) is 12.8 Å². The molecule has 196 valence electrons. The van der Waals surface area contributed by atoms with Crippen LogP contribution in [0.5, 0.6) is 5.75 Å². The number of nitrogens with zero attached hydrogens (tertiary/aromatic N) is 3. The molecule has 1 amide bonds. The van der Waals surface area contributed by atoms with E-state index in [-0.39, 0.29) is 23.1 Å². The summed E-state index contributed by atoms with van der Waals surface area (Å²) in [6, 6.07) is 18.2. The molecule has 0 atom stereocenters. The summed E-state index contributed by atoms with van der Waals surface area (Å²) in [7, 11) is -2.67. The van der Waals surface area contributed by atoms with Crippen LogP contribution in [0.4, 0.5) is 11.4 Å². The average Bonchev–Trinajstić information content (AvgIpc) is 2.86. The van der Waals surface area contributed by atoms with Crippen LogP contribution in [-0.2, 0) is 14.8 Å². The van der Waals surface area contributed by atoms with E-state index >= 15 is 0 Å². The van der Waals surface area contributed by atoms with Crippen molar-refractivity contribution in [2.45, 2.75) is 25.7 Å². The van der Waals surface area contributed by atoms with Crippen LogP contribution < -0.4 is 13.9 Å². The summed E-state index contributed by atoms with van der Waals surface area (Å²) in [4.78, 5) is 17.4. The van der Waals surface area contributed by atoms with Gasteiger partial charge >= 0.3 is 0 Å². The molecule has 0 N–H and O–H groups in total. The largest absolute Gasteiger partial charge is 0.495 e. The van der Waals surface area contributed by atoms with Crippen LogP contribution in [0.1, 0.15) is 16.7 Å². The number of aryl methyl sites for hydroxylation is 3. The second kappa shape index (κ2) is 11.0. The molecule has 1 aliphatic heterocycles. The number of hydrogen-bond donors (Lipinski definition) is 0. The number of methoxy groups -OCH3 is 1. The molecule has 3 aromatic rings. The number of rotatable bonds is 7. The zero-order valence-electron chi connectivity index (χ0n) is 21.6. The molecule has 37 heavy (non-hydrogen) atoms. The molecule has 9 heteroatoms. The lowest BCUT2D eigenvalue weighted by Gasteiger charge is -2.37. The average molecular weight is 542 g/mol. The van der Waals surface area contributed by atoms with Gasteiger partial charge in [0.15, 0.2) is 0 Å². The second-order valence-corrected chi connectivity index (χ2v) is 11.6. The van der Waals surface area contributed by atoms with Gasteiger partial charge in [0.25, 0.3) is 10.0 Å². The number of benzene rings is 3. The zero-order chi connectivity index (χ0) is 26.7. The van der Waals surface area contributed by atoms with Gasteiger partial charge in [0, 0.05) is 36.9 Å². The van der Waals surface area contributed by atoms with Gasteiger partial charge in [-0.3, -0.25) is 9.10 Å². The molecule has 3 aromatic carbocycles. The molecule has 7 nitrogen and oxygen atoms in total. The first-order valence-corrected chi connectivity index (χ1v) is 13.9. The lowest BCUT2D eigenvalue weighted by atomic mass is 10.1. The Balaban J connectivity index is 1.62. The summed E-state index contributed by atoms with van der Waals surface area (Å²) in [6.45, 7) is 7.57. The minimum absolute atomic E-state index is 0.0349. The number of carbonyl (C=O) groups is 1. The van der Waals surface area contributed by atoms with E-state index in [4.69, 9.17) is 16.3 Å². The Bertz CT molecular complexity index is 1380. The van der Waals surface area contributed by atoms with Gasteiger partial charge < -0.3 is 14.5 Å². The minimum Gasteiger partial charge on any atom is -0.495 e. The monoisotopic (exact) mass is 541 g/mol. The maximum atomic E-state index is 14.0. The van der Waals surface area contributed by atoms with Crippen LogP contribution in [0.15, 0.2) is 65.6 Å². The van der Waals surface area contributed by atoms with Crippen LogP contribution in [0.25, 0.3) is 0 Å². The van der Waals surface area contributed by atoms with Gasteiger partial charge in [0.2, 0.25) is 5.91 Å². The van der Waals surface area contributed by atoms with Crippen molar-refractivity contribution in [2.75, 3.05) is 49.0 Å². The fraction of sp³-hybridized carbons (Fsp3) is 0.321. The lowest BCUT2D eigenvalue weighted by molar-refractivity contribution is -0.129. The molecule has 0 radical (unpaired) electrons. The van der Waals surface area contributed by atoms with Gasteiger partial charge in [-0.15, -0.1) is 0 Å². The molecular weight excluding hydrogens is 510 g/mol. The molecule has 0 bridgehead atoms. The predicted octanol–water partition coefficient (Wildman–Crippen LogP) is 4.82. The molecule has 1 heterocycles. The zero-order valence-corrected chi connectivity index (χ0v) is 23.1. The van der Waals surface area contributed by atoms with Crippen LogP contribution in [0.2, 0.25) is 5.02 Å². The van der Waals surface area contributed by atoms with E-state index in [9.17, 15) is 13.2 Å². The van der Waals surface area contributed by atoms with Gasteiger partial charge in [0.1, 0.15) is 17.2 Å². The highest BCUT2D eigenvalue weighted by molar-refractivity contribution is 7.93. The lowest BCUT2D eigenvalue weighted by Crippen LogP contribution is -2.52. The standard InChI is InChI=1S/C28H32ClN3O4S/c1-20-8-9-26(36-4)27(17-20)37(34,35)32(25-15-21(2)14-22(3)16-25)19-28(33)31-12-10-30(11-13-31)24-7-5-6-23(29)18-24/h5-9,14-18H,10-13,19H2,1-4H3.